The zero-order valence-electron chi connectivity index (χ0n) is 33.3. The number of nitrogens with two attached hydrogens (primary N) is 2. The smallest absolute Gasteiger partial charge is 0.328 e. The molecule has 1 aromatic heterocycles. The average molecular weight is 798 g/mol. The summed E-state index contributed by atoms with van der Waals surface area (Å²) >= 11 is 0. The molecule has 312 valence electrons. The maximum Gasteiger partial charge on any atom is 0.328 e. The summed E-state index contributed by atoms with van der Waals surface area (Å²) in [5, 5.41) is 22.1. The van der Waals surface area contributed by atoms with Crippen LogP contribution in [0.5, 0.6) is 0 Å². The van der Waals surface area contributed by atoms with E-state index in [1.165, 1.54) is 0 Å². The number of amides is 4. The van der Waals surface area contributed by atoms with Crippen molar-refractivity contribution in [3.05, 3.63) is 108 Å². The van der Waals surface area contributed by atoms with E-state index in [4.69, 9.17) is 16.2 Å². The van der Waals surface area contributed by atoms with Gasteiger partial charge in [0.2, 0.25) is 23.6 Å². The number of carboxylic acids is 1. The third-order valence-electron chi connectivity index (χ3n) is 9.99. The van der Waals surface area contributed by atoms with Crippen LogP contribution < -0.4 is 32.7 Å². The third kappa shape index (κ3) is 14.7. The minimum Gasteiger partial charge on any atom is -0.480 e. The summed E-state index contributed by atoms with van der Waals surface area (Å²) < 4.78 is 5.83. The molecule has 0 aliphatic heterocycles. The fraction of sp³-hybridized carbons (Fsp3) is 0.432. The normalized spacial score (nSPS) is 13.8. The molecule has 0 bridgehead atoms. The first-order valence-corrected chi connectivity index (χ1v) is 20.2. The van der Waals surface area contributed by atoms with Gasteiger partial charge >= 0.3 is 5.97 Å². The van der Waals surface area contributed by atoms with Crippen molar-refractivity contribution in [2.75, 3.05) is 13.1 Å². The number of hydrogen-bond donors (Lipinski definition) is 8. The molecule has 0 fully saturated rings. The number of aromatic nitrogens is 1. The highest BCUT2D eigenvalue weighted by Crippen LogP contribution is 2.20. The second kappa shape index (κ2) is 24.3. The minimum absolute atomic E-state index is 0.0496. The molecule has 14 heteroatoms. The zero-order chi connectivity index (χ0) is 41.7. The predicted molar refractivity (Wildman–Crippen MR) is 223 cm³/mol. The third-order valence-corrected chi connectivity index (χ3v) is 9.99. The molecule has 4 rings (SSSR count). The van der Waals surface area contributed by atoms with Crippen LogP contribution in [-0.2, 0) is 48.2 Å². The monoisotopic (exact) mass is 797 g/mol. The number of carboxylic acid groups (broad SMARTS) is 1. The number of aliphatic carboxylic acids is 1. The molecule has 3 aromatic carbocycles. The number of fused-ring (bicyclic) bond motifs is 1. The van der Waals surface area contributed by atoms with Gasteiger partial charge in [-0.2, -0.15) is 0 Å². The summed E-state index contributed by atoms with van der Waals surface area (Å²) in [4.78, 5) is 71.1. The number of carbonyl (C=O) groups is 5. The Labute approximate surface area is 340 Å². The van der Waals surface area contributed by atoms with Crippen LogP contribution in [0.2, 0.25) is 0 Å². The summed E-state index contributed by atoms with van der Waals surface area (Å²) in [5.74, 6) is -3.53. The first-order valence-electron chi connectivity index (χ1n) is 20.2. The van der Waals surface area contributed by atoms with E-state index in [0.717, 1.165) is 46.9 Å². The standard InChI is InChI=1S/C44H59N7O7/c1-30(58-29-32-18-8-5-9-19-32)40(44(56)57)51-41(53)36(22-13-15-25-46)49-43(55)38(27-33-28-47-35-21-12-11-20-34(33)35)50-42(54)37(26-31-16-6-4-7-17-31)48-39(52)23-10-2-3-14-24-45/h4-9,11-12,16-21,28,30,36-38,40,47H,2-3,10,13-15,22-27,29,45-46H2,1H3,(H,48,52)(H,49,55)(H,50,54)(H,51,53)(H,56,57)/t30-,36+,37+,38-,40+/m1/s1. The molecule has 0 radical (unpaired) electrons. The molecule has 0 aliphatic rings. The van der Waals surface area contributed by atoms with Crippen LogP contribution in [0.3, 0.4) is 0 Å². The molecule has 10 N–H and O–H groups in total. The number of aromatic amines is 1. The first kappa shape index (κ1) is 45.1. The van der Waals surface area contributed by atoms with Crippen molar-refractivity contribution in [2.24, 2.45) is 11.5 Å². The Bertz CT molecular complexity index is 1890. The van der Waals surface area contributed by atoms with Crippen LogP contribution in [0.25, 0.3) is 10.9 Å². The molecule has 4 aromatic rings. The number of hydrogen-bond acceptors (Lipinski definition) is 8. The Morgan fingerprint density at radius 3 is 1.90 bits per heavy atom. The fourth-order valence-corrected chi connectivity index (χ4v) is 6.68. The van der Waals surface area contributed by atoms with Gasteiger partial charge in [-0.25, -0.2) is 4.79 Å². The lowest BCUT2D eigenvalue weighted by atomic mass is 10.0. The van der Waals surface area contributed by atoms with Gasteiger partial charge < -0.3 is 47.6 Å². The first-order chi connectivity index (χ1) is 28.1. The molecular weight excluding hydrogens is 739 g/mol. The van der Waals surface area contributed by atoms with Gasteiger partial charge in [0.05, 0.1) is 12.7 Å². The summed E-state index contributed by atoms with van der Waals surface area (Å²) in [7, 11) is 0. The van der Waals surface area contributed by atoms with Gasteiger partial charge in [-0.1, -0.05) is 91.7 Å². The largest absolute Gasteiger partial charge is 0.480 e. The molecule has 5 atom stereocenters. The molecule has 14 nitrogen and oxygen atoms in total. The lowest BCUT2D eigenvalue weighted by Crippen LogP contribution is -2.59. The van der Waals surface area contributed by atoms with Crippen molar-refractivity contribution in [3.8, 4) is 0 Å². The van der Waals surface area contributed by atoms with Crippen molar-refractivity contribution >= 4 is 40.5 Å². The van der Waals surface area contributed by atoms with E-state index in [2.05, 4.69) is 26.3 Å². The maximum atomic E-state index is 14.4. The van der Waals surface area contributed by atoms with Crippen LogP contribution in [0.15, 0.2) is 91.1 Å². The summed E-state index contributed by atoms with van der Waals surface area (Å²) in [6.45, 7) is 2.63. The Hall–Kier alpha value is -5.57. The van der Waals surface area contributed by atoms with Gasteiger partial charge in [0.25, 0.3) is 0 Å². The molecule has 0 unspecified atom stereocenters. The van der Waals surface area contributed by atoms with E-state index in [-0.39, 0.29) is 38.2 Å². The van der Waals surface area contributed by atoms with Crippen LogP contribution in [-0.4, -0.2) is 83.0 Å². The highest BCUT2D eigenvalue weighted by molar-refractivity contribution is 5.96. The highest BCUT2D eigenvalue weighted by atomic mass is 16.5. The Morgan fingerprint density at radius 1 is 0.655 bits per heavy atom. The van der Waals surface area contributed by atoms with Crippen LogP contribution in [0.4, 0.5) is 0 Å². The Kier molecular flexibility index (Phi) is 18.9. The van der Waals surface area contributed by atoms with Crippen molar-refractivity contribution in [2.45, 2.75) is 108 Å². The molecule has 0 saturated carbocycles. The summed E-state index contributed by atoms with van der Waals surface area (Å²) in [6.07, 6.45) is 5.75. The number of ether oxygens (including phenoxy) is 1. The van der Waals surface area contributed by atoms with Gasteiger partial charge in [0.15, 0.2) is 6.04 Å². The van der Waals surface area contributed by atoms with Crippen molar-refractivity contribution in [1.29, 1.82) is 0 Å². The zero-order valence-corrected chi connectivity index (χ0v) is 33.3. The quantitative estimate of drug-likeness (QED) is 0.0433. The summed E-state index contributed by atoms with van der Waals surface area (Å²) in [6, 6.07) is 21.3. The number of nitrogens with one attached hydrogen (secondary N) is 5. The highest BCUT2D eigenvalue weighted by Gasteiger charge is 2.34. The summed E-state index contributed by atoms with van der Waals surface area (Å²) in [5.41, 5.74) is 14.6. The number of rotatable bonds is 26. The molecule has 0 saturated heterocycles. The predicted octanol–water partition coefficient (Wildman–Crippen LogP) is 3.62. The Balaban J connectivity index is 1.56. The van der Waals surface area contributed by atoms with Crippen molar-refractivity contribution in [3.63, 3.8) is 0 Å². The second-order valence-electron chi connectivity index (χ2n) is 14.6. The van der Waals surface area contributed by atoms with E-state index in [1.807, 2.05) is 84.9 Å². The molecule has 58 heavy (non-hydrogen) atoms. The minimum atomic E-state index is -1.42. The lowest BCUT2D eigenvalue weighted by Gasteiger charge is -2.27. The van der Waals surface area contributed by atoms with Crippen molar-refractivity contribution in [1.82, 2.24) is 26.3 Å². The molecule has 4 amide bonds. The van der Waals surface area contributed by atoms with E-state index < -0.39 is 54.0 Å². The number of H-pyrrole nitrogens is 1. The lowest BCUT2D eigenvalue weighted by molar-refractivity contribution is -0.147. The topological polar surface area (TPSA) is 231 Å². The van der Waals surface area contributed by atoms with Crippen LogP contribution in [0, 0.1) is 0 Å². The van der Waals surface area contributed by atoms with Gasteiger partial charge in [-0.05, 0) is 74.9 Å². The van der Waals surface area contributed by atoms with E-state index in [0.29, 0.717) is 32.4 Å². The molecule has 0 spiro atoms. The van der Waals surface area contributed by atoms with E-state index >= 15 is 0 Å². The number of para-hydroxylation sites is 1. The van der Waals surface area contributed by atoms with Gasteiger partial charge in [-0.15, -0.1) is 0 Å². The number of carbonyl (C=O) groups excluding carboxylic acids is 4. The van der Waals surface area contributed by atoms with Crippen LogP contribution in [0.1, 0.15) is 75.0 Å². The van der Waals surface area contributed by atoms with Crippen molar-refractivity contribution < 1.29 is 33.8 Å². The molecule has 0 aliphatic carbocycles. The van der Waals surface area contributed by atoms with Gasteiger partial charge in [0, 0.05) is 36.4 Å². The Morgan fingerprint density at radius 2 is 1.22 bits per heavy atom. The van der Waals surface area contributed by atoms with Crippen LogP contribution >= 0.6 is 0 Å². The average Bonchev–Trinajstić information content (AvgIpc) is 3.64. The second-order valence-corrected chi connectivity index (χ2v) is 14.6. The van der Waals surface area contributed by atoms with E-state index in [1.54, 1.807) is 13.1 Å². The molecular formula is C44H59N7O7. The maximum absolute atomic E-state index is 14.4. The SMILES string of the molecule is C[C@@H](OCc1ccccc1)[C@H](NC(=O)[C@H](CCCCN)NC(=O)[C@@H](Cc1c[nH]c2ccccc12)NC(=O)[C@H](Cc1ccccc1)NC(=O)CCCCCCN)C(=O)O. The number of benzene rings is 3. The van der Waals surface area contributed by atoms with E-state index in [9.17, 15) is 29.1 Å². The van der Waals surface area contributed by atoms with Gasteiger partial charge in [-0.3, -0.25) is 19.2 Å². The fourth-order valence-electron chi connectivity index (χ4n) is 6.68. The van der Waals surface area contributed by atoms with Gasteiger partial charge in [0.1, 0.15) is 18.1 Å². The number of unbranched alkanes of at least 4 members (excludes halogenated alkanes) is 4. The molecule has 1 heterocycles.